The molecule has 0 saturated carbocycles. The summed E-state index contributed by atoms with van der Waals surface area (Å²) in [6, 6.07) is 13.0. The first-order valence-electron chi connectivity index (χ1n) is 7.73. The number of carbonyl (C=O) groups excluding carboxylic acids is 2. The zero-order valence-electron chi connectivity index (χ0n) is 14.2. The fourth-order valence-corrected chi connectivity index (χ4v) is 2.25. The molecule has 5 nitrogen and oxygen atoms in total. The van der Waals surface area contributed by atoms with E-state index in [0.29, 0.717) is 17.7 Å². The molecule has 1 amide bonds. The SMILES string of the molecule is COCc1cccc(C(=O)OCC(=O)N(C)Cc2ccccc2F)c1. The van der Waals surface area contributed by atoms with Gasteiger partial charge in [0.2, 0.25) is 0 Å². The summed E-state index contributed by atoms with van der Waals surface area (Å²) in [6.07, 6.45) is 0. The van der Waals surface area contributed by atoms with Gasteiger partial charge in [0, 0.05) is 26.3 Å². The van der Waals surface area contributed by atoms with Crippen LogP contribution in [0.4, 0.5) is 4.39 Å². The minimum Gasteiger partial charge on any atom is -0.452 e. The Morgan fingerprint density at radius 1 is 1.12 bits per heavy atom. The number of benzene rings is 2. The number of hydrogen-bond acceptors (Lipinski definition) is 4. The minimum atomic E-state index is -0.592. The average Bonchev–Trinajstić information content (AvgIpc) is 2.61. The maximum atomic E-state index is 13.6. The second-order valence-corrected chi connectivity index (χ2v) is 5.55. The first-order chi connectivity index (χ1) is 12.0. The first-order valence-corrected chi connectivity index (χ1v) is 7.73. The number of methoxy groups -OCH3 is 1. The summed E-state index contributed by atoms with van der Waals surface area (Å²) in [6.45, 7) is 0.0795. The normalized spacial score (nSPS) is 10.4. The molecule has 0 saturated heterocycles. The molecule has 0 heterocycles. The van der Waals surface area contributed by atoms with Gasteiger partial charge < -0.3 is 14.4 Å². The van der Waals surface area contributed by atoms with Gasteiger partial charge in [-0.25, -0.2) is 9.18 Å². The predicted octanol–water partition coefficient (Wildman–Crippen LogP) is 2.79. The minimum absolute atomic E-state index is 0.104. The molecule has 0 N–H and O–H groups in total. The number of esters is 1. The molecule has 0 unspecified atom stereocenters. The second-order valence-electron chi connectivity index (χ2n) is 5.55. The summed E-state index contributed by atoms with van der Waals surface area (Å²) in [4.78, 5) is 25.4. The molecule has 0 aliphatic rings. The Bertz CT molecular complexity index is 748. The number of hydrogen-bond donors (Lipinski definition) is 0. The van der Waals surface area contributed by atoms with Crippen molar-refractivity contribution in [1.29, 1.82) is 0 Å². The van der Waals surface area contributed by atoms with Crippen molar-refractivity contribution in [2.24, 2.45) is 0 Å². The summed E-state index contributed by atoms with van der Waals surface area (Å²) in [5, 5.41) is 0. The third-order valence-corrected chi connectivity index (χ3v) is 3.59. The van der Waals surface area contributed by atoms with Gasteiger partial charge in [0.1, 0.15) is 5.82 Å². The van der Waals surface area contributed by atoms with E-state index in [2.05, 4.69) is 0 Å². The van der Waals surface area contributed by atoms with Crippen molar-refractivity contribution in [3.05, 3.63) is 71.0 Å². The highest BCUT2D eigenvalue weighted by atomic mass is 19.1. The van der Waals surface area contributed by atoms with E-state index in [-0.39, 0.29) is 12.4 Å². The lowest BCUT2D eigenvalue weighted by atomic mass is 10.1. The average molecular weight is 345 g/mol. The van der Waals surface area contributed by atoms with Gasteiger partial charge in [0.25, 0.3) is 5.91 Å². The van der Waals surface area contributed by atoms with Crippen LogP contribution in [0.2, 0.25) is 0 Å². The van der Waals surface area contributed by atoms with Crippen LogP contribution in [0.5, 0.6) is 0 Å². The van der Waals surface area contributed by atoms with Gasteiger partial charge >= 0.3 is 5.97 Å². The Balaban J connectivity index is 1.89. The van der Waals surface area contributed by atoms with Crippen LogP contribution in [0.15, 0.2) is 48.5 Å². The third-order valence-electron chi connectivity index (χ3n) is 3.59. The van der Waals surface area contributed by atoms with Gasteiger partial charge in [-0.2, -0.15) is 0 Å². The maximum absolute atomic E-state index is 13.6. The zero-order valence-corrected chi connectivity index (χ0v) is 14.2. The highest BCUT2D eigenvalue weighted by Crippen LogP contribution is 2.10. The molecule has 25 heavy (non-hydrogen) atoms. The van der Waals surface area contributed by atoms with Gasteiger partial charge in [0.15, 0.2) is 6.61 Å². The van der Waals surface area contributed by atoms with Crippen molar-refractivity contribution >= 4 is 11.9 Å². The van der Waals surface area contributed by atoms with E-state index < -0.39 is 18.5 Å². The summed E-state index contributed by atoms with van der Waals surface area (Å²) >= 11 is 0. The molecule has 0 aliphatic heterocycles. The van der Waals surface area contributed by atoms with Gasteiger partial charge in [-0.3, -0.25) is 4.79 Å². The standard InChI is InChI=1S/C19H20FNO4/c1-21(11-16-7-3-4-9-17(16)20)18(22)13-25-19(23)15-8-5-6-14(10-15)12-24-2/h3-10H,11-13H2,1-2H3. The third kappa shape index (κ3) is 5.39. The van der Waals surface area contributed by atoms with E-state index in [1.165, 1.54) is 18.0 Å². The van der Waals surface area contributed by atoms with Gasteiger partial charge in [-0.15, -0.1) is 0 Å². The van der Waals surface area contributed by atoms with Crippen LogP contribution in [-0.4, -0.2) is 37.5 Å². The molecular formula is C19H20FNO4. The Morgan fingerprint density at radius 2 is 1.88 bits per heavy atom. The summed E-state index contributed by atoms with van der Waals surface area (Å²) < 4.78 is 23.7. The van der Waals surface area contributed by atoms with Gasteiger partial charge in [-0.1, -0.05) is 30.3 Å². The Hall–Kier alpha value is -2.73. The number of amides is 1. The van der Waals surface area contributed by atoms with Crippen molar-refractivity contribution in [3.8, 4) is 0 Å². The Labute approximate surface area is 146 Å². The molecule has 0 atom stereocenters. The highest BCUT2D eigenvalue weighted by molar-refractivity contribution is 5.91. The first kappa shape index (κ1) is 18.6. The van der Waals surface area contributed by atoms with Crippen LogP contribution >= 0.6 is 0 Å². The van der Waals surface area contributed by atoms with Crippen molar-refractivity contribution in [2.75, 3.05) is 20.8 Å². The van der Waals surface area contributed by atoms with E-state index in [1.54, 1.807) is 43.5 Å². The second kappa shape index (κ2) is 8.94. The zero-order chi connectivity index (χ0) is 18.2. The van der Waals surface area contributed by atoms with Crippen LogP contribution in [0.1, 0.15) is 21.5 Å². The van der Waals surface area contributed by atoms with Crippen LogP contribution in [0.3, 0.4) is 0 Å². The van der Waals surface area contributed by atoms with Crippen molar-refractivity contribution < 1.29 is 23.5 Å². The molecule has 6 heteroatoms. The smallest absolute Gasteiger partial charge is 0.338 e. The monoisotopic (exact) mass is 345 g/mol. The number of ether oxygens (including phenoxy) is 2. The number of carbonyl (C=O) groups is 2. The molecule has 0 spiro atoms. The summed E-state index contributed by atoms with van der Waals surface area (Å²) in [5.74, 6) is -1.38. The highest BCUT2D eigenvalue weighted by Gasteiger charge is 2.15. The van der Waals surface area contributed by atoms with Crippen LogP contribution in [0.25, 0.3) is 0 Å². The summed E-state index contributed by atoms with van der Waals surface area (Å²) in [7, 11) is 3.09. The molecule has 0 radical (unpaired) electrons. The molecule has 2 aromatic carbocycles. The van der Waals surface area contributed by atoms with Crippen molar-refractivity contribution in [1.82, 2.24) is 4.90 Å². The van der Waals surface area contributed by atoms with Crippen molar-refractivity contribution in [3.63, 3.8) is 0 Å². The molecule has 2 aromatic rings. The largest absolute Gasteiger partial charge is 0.452 e. The Morgan fingerprint density at radius 3 is 2.60 bits per heavy atom. The number of likely N-dealkylation sites (N-methyl/N-ethyl adjacent to an activating group) is 1. The fourth-order valence-electron chi connectivity index (χ4n) is 2.25. The Kier molecular flexibility index (Phi) is 6.65. The number of nitrogens with zero attached hydrogens (tertiary/aromatic N) is 1. The molecule has 0 aliphatic carbocycles. The fraction of sp³-hybridized carbons (Fsp3) is 0.263. The summed E-state index contributed by atoms with van der Waals surface area (Å²) in [5.41, 5.74) is 1.58. The van der Waals surface area contributed by atoms with E-state index >= 15 is 0 Å². The number of rotatable bonds is 7. The topological polar surface area (TPSA) is 55.8 Å². The lowest BCUT2D eigenvalue weighted by Gasteiger charge is -2.17. The molecule has 0 aromatic heterocycles. The van der Waals surface area contributed by atoms with Crippen LogP contribution in [-0.2, 0) is 27.4 Å². The van der Waals surface area contributed by atoms with Gasteiger partial charge in [0.05, 0.1) is 12.2 Å². The van der Waals surface area contributed by atoms with E-state index in [9.17, 15) is 14.0 Å². The van der Waals surface area contributed by atoms with Crippen LogP contribution in [0, 0.1) is 5.82 Å². The number of halogens is 1. The maximum Gasteiger partial charge on any atom is 0.338 e. The predicted molar refractivity (Wildman–Crippen MR) is 90.3 cm³/mol. The van der Waals surface area contributed by atoms with Crippen LogP contribution < -0.4 is 0 Å². The quantitative estimate of drug-likeness (QED) is 0.724. The lowest BCUT2D eigenvalue weighted by molar-refractivity contribution is -0.133. The van der Waals surface area contributed by atoms with Crippen molar-refractivity contribution in [2.45, 2.75) is 13.2 Å². The molecule has 132 valence electrons. The molecule has 0 bridgehead atoms. The van der Waals surface area contributed by atoms with E-state index in [4.69, 9.17) is 9.47 Å². The molecule has 0 fully saturated rings. The van der Waals surface area contributed by atoms with Gasteiger partial charge in [-0.05, 0) is 23.8 Å². The van der Waals surface area contributed by atoms with E-state index in [1.807, 2.05) is 6.07 Å². The molecular weight excluding hydrogens is 325 g/mol. The lowest BCUT2D eigenvalue weighted by Crippen LogP contribution is -2.31. The van der Waals surface area contributed by atoms with E-state index in [0.717, 1.165) is 5.56 Å². The molecule has 2 rings (SSSR count).